The Morgan fingerprint density at radius 2 is 0.493 bits per heavy atom. The summed E-state index contributed by atoms with van der Waals surface area (Å²) in [6.45, 7) is 13.8. The molecule has 6 nitrogen and oxygen atoms in total. The molecule has 71 heavy (non-hydrogen) atoms. The Morgan fingerprint density at radius 1 is 0.282 bits per heavy atom. The van der Waals surface area contributed by atoms with Gasteiger partial charge in [0.25, 0.3) is 0 Å². The van der Waals surface area contributed by atoms with E-state index < -0.39 is 6.10 Å². The molecule has 0 aliphatic carbocycles. The highest BCUT2D eigenvalue weighted by Gasteiger charge is 2.19. The van der Waals surface area contributed by atoms with Crippen LogP contribution in [0.3, 0.4) is 0 Å². The SMILES string of the molecule is CCC(C)CCCCCCCCCCCCCCCCCCCCC(=O)OC[C@H](COC(=O)CCCCCCCCCCCCCCC(C)C)OC(=O)CCCCCCCCCCCCCCCC(C)C. The van der Waals surface area contributed by atoms with Crippen LogP contribution in [0.4, 0.5) is 0 Å². The van der Waals surface area contributed by atoms with E-state index in [1.54, 1.807) is 0 Å². The molecule has 0 spiro atoms. The lowest BCUT2D eigenvalue weighted by atomic mass is 9.99. The molecule has 0 aliphatic rings. The molecule has 0 heterocycles. The molecular weight excluding hydrogens is 877 g/mol. The van der Waals surface area contributed by atoms with Crippen molar-refractivity contribution in [3.8, 4) is 0 Å². The molecule has 0 aliphatic heterocycles. The fourth-order valence-electron chi connectivity index (χ4n) is 10.0. The smallest absolute Gasteiger partial charge is 0.306 e. The second-order valence-electron chi connectivity index (χ2n) is 23.6. The van der Waals surface area contributed by atoms with Crippen LogP contribution >= 0.6 is 0 Å². The standard InChI is InChI=1S/C65H126O6/c1-7-61(6)53-47-41-35-29-23-16-12-10-8-9-11-13-17-24-30-36-42-48-54-63(66)69-57-62(58-70-64(67)55-49-43-37-31-25-20-19-22-28-34-40-46-52-60(4)5)71-65(68)56-50-44-38-32-26-18-14-15-21-27-33-39-45-51-59(2)3/h59-62H,7-58H2,1-6H3/t61?,62-/m1/s1. The molecule has 0 aromatic carbocycles. The predicted molar refractivity (Wildman–Crippen MR) is 307 cm³/mol. The first kappa shape index (κ1) is 69.4. The zero-order valence-electron chi connectivity index (χ0n) is 49.0. The Kier molecular flexibility index (Phi) is 54.9. The summed E-state index contributed by atoms with van der Waals surface area (Å²) in [5.74, 6) is 1.75. The van der Waals surface area contributed by atoms with Crippen molar-refractivity contribution in [2.45, 2.75) is 369 Å². The fourth-order valence-corrected chi connectivity index (χ4v) is 10.0. The van der Waals surface area contributed by atoms with Gasteiger partial charge in [-0.1, -0.05) is 324 Å². The molecule has 0 saturated carbocycles. The molecule has 0 fully saturated rings. The number of esters is 3. The van der Waals surface area contributed by atoms with Gasteiger partial charge in [-0.25, -0.2) is 0 Å². The average molecular weight is 1000 g/mol. The number of carbonyl (C=O) groups excluding carboxylic acids is 3. The topological polar surface area (TPSA) is 78.9 Å². The lowest BCUT2D eigenvalue weighted by Crippen LogP contribution is -2.30. The predicted octanol–water partition coefficient (Wildman–Crippen LogP) is 21.5. The maximum absolute atomic E-state index is 12.9. The van der Waals surface area contributed by atoms with Crippen LogP contribution in [0, 0.1) is 17.8 Å². The van der Waals surface area contributed by atoms with Crippen LogP contribution < -0.4 is 0 Å². The molecule has 0 amide bonds. The Labute approximate surface area is 444 Å². The Hall–Kier alpha value is -1.59. The minimum atomic E-state index is -0.764. The fraction of sp³-hybridized carbons (Fsp3) is 0.954. The highest BCUT2D eigenvalue weighted by Crippen LogP contribution is 2.19. The maximum Gasteiger partial charge on any atom is 0.306 e. The molecule has 0 aromatic rings. The van der Waals surface area contributed by atoms with Crippen molar-refractivity contribution >= 4 is 17.9 Å². The summed E-state index contributed by atoms with van der Waals surface area (Å²) in [6, 6.07) is 0. The monoisotopic (exact) mass is 1000 g/mol. The second-order valence-corrected chi connectivity index (χ2v) is 23.6. The quantitative estimate of drug-likeness (QED) is 0.0343. The van der Waals surface area contributed by atoms with E-state index in [9.17, 15) is 14.4 Å². The van der Waals surface area contributed by atoms with Crippen molar-refractivity contribution in [3.63, 3.8) is 0 Å². The Balaban J connectivity index is 4.26. The van der Waals surface area contributed by atoms with Crippen LogP contribution in [0.15, 0.2) is 0 Å². The molecule has 0 aromatic heterocycles. The lowest BCUT2D eigenvalue weighted by Gasteiger charge is -2.18. The van der Waals surface area contributed by atoms with Gasteiger partial charge in [-0.3, -0.25) is 14.4 Å². The largest absolute Gasteiger partial charge is 0.462 e. The van der Waals surface area contributed by atoms with E-state index in [-0.39, 0.29) is 31.1 Å². The number of hydrogen-bond acceptors (Lipinski definition) is 6. The molecule has 422 valence electrons. The number of rotatable bonds is 58. The number of carbonyl (C=O) groups is 3. The minimum Gasteiger partial charge on any atom is -0.462 e. The van der Waals surface area contributed by atoms with Crippen LogP contribution in [-0.2, 0) is 28.6 Å². The summed E-state index contributed by atoms with van der Waals surface area (Å²) in [5, 5.41) is 0. The van der Waals surface area contributed by atoms with Gasteiger partial charge in [0, 0.05) is 19.3 Å². The maximum atomic E-state index is 12.9. The van der Waals surface area contributed by atoms with Crippen molar-refractivity contribution < 1.29 is 28.6 Å². The van der Waals surface area contributed by atoms with Crippen molar-refractivity contribution in [1.82, 2.24) is 0 Å². The van der Waals surface area contributed by atoms with Gasteiger partial charge < -0.3 is 14.2 Å². The van der Waals surface area contributed by atoms with E-state index in [0.29, 0.717) is 19.3 Å². The van der Waals surface area contributed by atoms with E-state index in [1.807, 2.05) is 0 Å². The molecule has 0 saturated heterocycles. The van der Waals surface area contributed by atoms with Crippen molar-refractivity contribution in [2.24, 2.45) is 17.8 Å². The number of ether oxygens (including phenoxy) is 3. The number of unbranched alkanes of at least 4 members (excludes halogenated alkanes) is 40. The summed E-state index contributed by atoms with van der Waals surface area (Å²) in [7, 11) is 0. The van der Waals surface area contributed by atoms with Crippen molar-refractivity contribution in [2.75, 3.05) is 13.2 Å². The van der Waals surface area contributed by atoms with E-state index in [0.717, 1.165) is 75.5 Å². The first-order valence-corrected chi connectivity index (χ1v) is 32.1. The zero-order chi connectivity index (χ0) is 51.9. The molecule has 0 N–H and O–H groups in total. The van der Waals surface area contributed by atoms with Gasteiger partial charge in [0.05, 0.1) is 0 Å². The van der Waals surface area contributed by atoms with Crippen LogP contribution in [0.5, 0.6) is 0 Å². The van der Waals surface area contributed by atoms with E-state index in [1.165, 1.54) is 244 Å². The third kappa shape index (κ3) is 57.5. The highest BCUT2D eigenvalue weighted by atomic mass is 16.6. The minimum absolute atomic E-state index is 0.0626. The second kappa shape index (κ2) is 56.1. The van der Waals surface area contributed by atoms with Crippen LogP contribution in [0.2, 0.25) is 0 Å². The molecule has 0 radical (unpaired) electrons. The summed E-state index contributed by atoms with van der Waals surface area (Å²) in [4.78, 5) is 38.3. The van der Waals surface area contributed by atoms with Gasteiger partial charge in [-0.05, 0) is 37.0 Å². The van der Waals surface area contributed by atoms with Crippen LogP contribution in [0.1, 0.15) is 363 Å². The van der Waals surface area contributed by atoms with E-state index >= 15 is 0 Å². The third-order valence-electron chi connectivity index (χ3n) is 15.3. The van der Waals surface area contributed by atoms with Crippen LogP contribution in [-0.4, -0.2) is 37.2 Å². The Bertz CT molecular complexity index is 1100. The average Bonchev–Trinajstić information content (AvgIpc) is 3.35. The van der Waals surface area contributed by atoms with Crippen molar-refractivity contribution in [1.29, 1.82) is 0 Å². The van der Waals surface area contributed by atoms with Gasteiger partial charge in [0.15, 0.2) is 6.10 Å². The van der Waals surface area contributed by atoms with Gasteiger partial charge in [-0.2, -0.15) is 0 Å². The van der Waals surface area contributed by atoms with Gasteiger partial charge in [0.1, 0.15) is 13.2 Å². The molecule has 0 rings (SSSR count). The van der Waals surface area contributed by atoms with E-state index in [2.05, 4.69) is 41.5 Å². The molecule has 6 heteroatoms. The lowest BCUT2D eigenvalue weighted by molar-refractivity contribution is -0.167. The zero-order valence-corrected chi connectivity index (χ0v) is 49.0. The molecule has 1 unspecified atom stereocenters. The molecule has 0 bridgehead atoms. The van der Waals surface area contributed by atoms with Crippen molar-refractivity contribution in [3.05, 3.63) is 0 Å². The van der Waals surface area contributed by atoms with Gasteiger partial charge in [0.2, 0.25) is 0 Å². The van der Waals surface area contributed by atoms with Gasteiger partial charge >= 0.3 is 17.9 Å². The molecule has 2 atom stereocenters. The normalized spacial score (nSPS) is 12.5. The number of hydrogen-bond donors (Lipinski definition) is 0. The first-order chi connectivity index (χ1) is 34.6. The first-order valence-electron chi connectivity index (χ1n) is 32.1. The summed E-state index contributed by atoms with van der Waals surface area (Å²) in [6.07, 6.45) is 61.0. The highest BCUT2D eigenvalue weighted by molar-refractivity contribution is 5.71. The summed E-state index contributed by atoms with van der Waals surface area (Å²) in [5.41, 5.74) is 0. The van der Waals surface area contributed by atoms with E-state index in [4.69, 9.17) is 14.2 Å². The van der Waals surface area contributed by atoms with Crippen LogP contribution in [0.25, 0.3) is 0 Å². The molecular formula is C65H126O6. The van der Waals surface area contributed by atoms with Gasteiger partial charge in [-0.15, -0.1) is 0 Å². The summed E-state index contributed by atoms with van der Waals surface area (Å²) >= 11 is 0. The Morgan fingerprint density at radius 3 is 0.732 bits per heavy atom. The third-order valence-corrected chi connectivity index (χ3v) is 15.3. The summed E-state index contributed by atoms with van der Waals surface area (Å²) < 4.78 is 17.0.